The van der Waals surface area contributed by atoms with Crippen molar-refractivity contribution >= 4 is 23.2 Å². The zero-order chi connectivity index (χ0) is 15.5. The summed E-state index contributed by atoms with van der Waals surface area (Å²) in [6.07, 6.45) is 1.54. The zero-order valence-corrected chi connectivity index (χ0v) is 12.6. The SMILES string of the molecule is CC(=O)c1cccc(Nc2cnnc(NC(C)(C)C)n2)c1. The fourth-order valence-corrected chi connectivity index (χ4v) is 1.72. The largest absolute Gasteiger partial charge is 0.348 e. The molecule has 0 fully saturated rings. The van der Waals surface area contributed by atoms with E-state index in [4.69, 9.17) is 0 Å². The summed E-state index contributed by atoms with van der Waals surface area (Å²) in [4.78, 5) is 15.7. The molecule has 1 heterocycles. The number of benzene rings is 1. The molecule has 1 aromatic heterocycles. The van der Waals surface area contributed by atoms with Crippen LogP contribution < -0.4 is 10.6 Å². The summed E-state index contributed by atoms with van der Waals surface area (Å²) in [7, 11) is 0. The Morgan fingerprint density at radius 2 is 2.00 bits per heavy atom. The Morgan fingerprint density at radius 1 is 1.24 bits per heavy atom. The number of hydrogen-bond acceptors (Lipinski definition) is 6. The molecule has 0 unspecified atom stereocenters. The van der Waals surface area contributed by atoms with Crippen molar-refractivity contribution < 1.29 is 4.79 Å². The fraction of sp³-hybridized carbons (Fsp3) is 0.333. The highest BCUT2D eigenvalue weighted by atomic mass is 16.1. The Morgan fingerprint density at radius 3 is 2.67 bits per heavy atom. The molecular formula is C15H19N5O. The summed E-state index contributed by atoms with van der Waals surface area (Å²) in [6, 6.07) is 7.24. The Hall–Kier alpha value is -2.50. The minimum absolute atomic E-state index is 0.0227. The average molecular weight is 285 g/mol. The van der Waals surface area contributed by atoms with Crippen LogP contribution in [0.25, 0.3) is 0 Å². The van der Waals surface area contributed by atoms with E-state index < -0.39 is 0 Å². The molecule has 6 heteroatoms. The van der Waals surface area contributed by atoms with Crippen molar-refractivity contribution in [2.24, 2.45) is 0 Å². The number of ketones is 1. The van der Waals surface area contributed by atoms with E-state index in [0.29, 0.717) is 17.3 Å². The van der Waals surface area contributed by atoms with Gasteiger partial charge in [0.2, 0.25) is 5.95 Å². The molecule has 21 heavy (non-hydrogen) atoms. The first-order chi connectivity index (χ1) is 9.83. The van der Waals surface area contributed by atoms with Crippen LogP contribution in [0.4, 0.5) is 17.5 Å². The molecule has 1 aromatic carbocycles. The second-order valence-corrected chi connectivity index (χ2v) is 5.80. The molecule has 2 N–H and O–H groups in total. The van der Waals surface area contributed by atoms with Crippen molar-refractivity contribution in [3.63, 3.8) is 0 Å². The number of nitrogens with zero attached hydrogens (tertiary/aromatic N) is 3. The van der Waals surface area contributed by atoms with E-state index in [1.807, 2.05) is 32.9 Å². The molecule has 0 atom stereocenters. The molecule has 0 spiro atoms. The van der Waals surface area contributed by atoms with Crippen LogP contribution in [0.1, 0.15) is 38.1 Å². The van der Waals surface area contributed by atoms with Gasteiger partial charge in [0.05, 0.1) is 6.20 Å². The van der Waals surface area contributed by atoms with Crippen LogP contribution in [-0.2, 0) is 0 Å². The van der Waals surface area contributed by atoms with Crippen LogP contribution in [0.5, 0.6) is 0 Å². The number of carbonyl (C=O) groups is 1. The molecule has 0 aliphatic carbocycles. The Labute approximate surface area is 124 Å². The van der Waals surface area contributed by atoms with E-state index >= 15 is 0 Å². The van der Waals surface area contributed by atoms with Crippen LogP contribution in [0.3, 0.4) is 0 Å². The van der Waals surface area contributed by atoms with Gasteiger partial charge >= 0.3 is 0 Å². The van der Waals surface area contributed by atoms with Crippen LogP contribution in [0.15, 0.2) is 30.5 Å². The van der Waals surface area contributed by atoms with E-state index in [1.165, 1.54) is 13.1 Å². The summed E-state index contributed by atoms with van der Waals surface area (Å²) in [5.74, 6) is 1.04. The fourth-order valence-electron chi connectivity index (χ4n) is 1.72. The lowest BCUT2D eigenvalue weighted by molar-refractivity contribution is 0.101. The maximum absolute atomic E-state index is 11.4. The second-order valence-electron chi connectivity index (χ2n) is 5.80. The van der Waals surface area contributed by atoms with Crippen LogP contribution >= 0.6 is 0 Å². The van der Waals surface area contributed by atoms with Crippen molar-refractivity contribution in [2.45, 2.75) is 33.2 Å². The summed E-state index contributed by atoms with van der Waals surface area (Å²) < 4.78 is 0. The molecule has 0 bridgehead atoms. The minimum Gasteiger partial charge on any atom is -0.348 e. The maximum Gasteiger partial charge on any atom is 0.245 e. The third kappa shape index (κ3) is 4.52. The average Bonchev–Trinajstić information content (AvgIpc) is 2.37. The first-order valence-corrected chi connectivity index (χ1v) is 6.69. The Balaban J connectivity index is 2.18. The molecule has 6 nitrogen and oxygen atoms in total. The van der Waals surface area contributed by atoms with E-state index in [2.05, 4.69) is 25.8 Å². The lowest BCUT2D eigenvalue weighted by atomic mass is 10.1. The number of rotatable bonds is 4. The van der Waals surface area contributed by atoms with E-state index in [9.17, 15) is 4.79 Å². The molecule has 0 radical (unpaired) electrons. The third-order valence-electron chi connectivity index (χ3n) is 2.59. The highest BCUT2D eigenvalue weighted by Gasteiger charge is 2.12. The third-order valence-corrected chi connectivity index (χ3v) is 2.59. The van der Waals surface area contributed by atoms with Gasteiger partial charge in [0.25, 0.3) is 0 Å². The smallest absolute Gasteiger partial charge is 0.245 e. The standard InChI is InChI=1S/C15H19N5O/c1-10(21)11-6-5-7-12(8-11)17-13-9-16-20-14(18-13)19-15(2,3)4/h5-9H,1-4H3,(H2,17,18,19,20). The molecule has 0 saturated heterocycles. The number of carbonyl (C=O) groups excluding carboxylic acids is 1. The van der Waals surface area contributed by atoms with Crippen molar-refractivity contribution in [1.29, 1.82) is 0 Å². The number of anilines is 3. The minimum atomic E-state index is -0.144. The number of aromatic nitrogens is 3. The lowest BCUT2D eigenvalue weighted by Gasteiger charge is -2.20. The van der Waals surface area contributed by atoms with Gasteiger partial charge in [0, 0.05) is 16.8 Å². The molecule has 110 valence electrons. The van der Waals surface area contributed by atoms with Crippen molar-refractivity contribution in [3.05, 3.63) is 36.0 Å². The van der Waals surface area contributed by atoms with Crippen LogP contribution in [0.2, 0.25) is 0 Å². The first-order valence-electron chi connectivity index (χ1n) is 6.69. The highest BCUT2D eigenvalue weighted by molar-refractivity contribution is 5.95. The molecule has 0 saturated carbocycles. The molecule has 2 rings (SSSR count). The molecule has 2 aromatic rings. The molecule has 0 aliphatic heterocycles. The van der Waals surface area contributed by atoms with Crippen molar-refractivity contribution in [1.82, 2.24) is 15.2 Å². The van der Waals surface area contributed by atoms with Gasteiger partial charge in [0.15, 0.2) is 11.6 Å². The van der Waals surface area contributed by atoms with Crippen LogP contribution in [-0.4, -0.2) is 26.5 Å². The van der Waals surface area contributed by atoms with Crippen molar-refractivity contribution in [3.8, 4) is 0 Å². The van der Waals surface area contributed by atoms with Gasteiger partial charge in [-0.3, -0.25) is 4.79 Å². The highest BCUT2D eigenvalue weighted by Crippen LogP contribution is 2.17. The Kier molecular flexibility index (Phi) is 4.16. The van der Waals surface area contributed by atoms with Gasteiger partial charge in [-0.15, -0.1) is 5.10 Å². The molecule has 0 amide bonds. The summed E-state index contributed by atoms with van der Waals surface area (Å²) in [5, 5.41) is 14.1. The molecule has 0 aliphatic rings. The topological polar surface area (TPSA) is 79.8 Å². The first kappa shape index (κ1) is 14.9. The van der Waals surface area contributed by atoms with Gasteiger partial charge in [-0.1, -0.05) is 12.1 Å². The number of nitrogens with one attached hydrogen (secondary N) is 2. The predicted octanol–water partition coefficient (Wildman–Crippen LogP) is 3.03. The lowest BCUT2D eigenvalue weighted by Crippen LogP contribution is -2.27. The number of Topliss-reactive ketones (excluding diaryl/α,β-unsaturated/α-hetero) is 1. The summed E-state index contributed by atoms with van der Waals surface area (Å²) >= 11 is 0. The Bertz CT molecular complexity index is 649. The second kappa shape index (κ2) is 5.87. The van der Waals surface area contributed by atoms with Gasteiger partial charge in [-0.25, -0.2) is 0 Å². The maximum atomic E-state index is 11.4. The predicted molar refractivity (Wildman–Crippen MR) is 82.9 cm³/mol. The van der Waals surface area contributed by atoms with Gasteiger partial charge in [0.1, 0.15) is 0 Å². The summed E-state index contributed by atoms with van der Waals surface area (Å²) in [6.45, 7) is 7.60. The van der Waals surface area contributed by atoms with Gasteiger partial charge < -0.3 is 10.6 Å². The van der Waals surface area contributed by atoms with E-state index in [0.717, 1.165) is 5.69 Å². The normalized spacial score (nSPS) is 11.0. The number of hydrogen-bond donors (Lipinski definition) is 2. The van der Waals surface area contributed by atoms with Gasteiger partial charge in [-0.2, -0.15) is 10.1 Å². The molecular weight excluding hydrogens is 266 g/mol. The van der Waals surface area contributed by atoms with E-state index in [1.54, 1.807) is 12.1 Å². The van der Waals surface area contributed by atoms with E-state index in [-0.39, 0.29) is 11.3 Å². The van der Waals surface area contributed by atoms with Crippen LogP contribution in [0, 0.1) is 0 Å². The van der Waals surface area contributed by atoms with Gasteiger partial charge in [-0.05, 0) is 39.8 Å². The van der Waals surface area contributed by atoms with Crippen molar-refractivity contribution in [2.75, 3.05) is 10.6 Å². The summed E-state index contributed by atoms with van der Waals surface area (Å²) in [5.41, 5.74) is 1.29. The monoisotopic (exact) mass is 285 g/mol. The zero-order valence-electron chi connectivity index (χ0n) is 12.6. The quantitative estimate of drug-likeness (QED) is 0.840.